The van der Waals surface area contributed by atoms with Crippen LogP contribution in [0.5, 0.6) is 0 Å². The highest BCUT2D eigenvalue weighted by atomic mass is 16.5. The number of nitrogens with one attached hydrogen (secondary N) is 1. The molecule has 0 aromatic carbocycles. The Balaban J connectivity index is 2.45. The van der Waals surface area contributed by atoms with Crippen LogP contribution in [0.15, 0.2) is 18.5 Å². The first-order valence-electron chi connectivity index (χ1n) is 6.68. The van der Waals surface area contributed by atoms with Crippen LogP contribution in [-0.4, -0.2) is 67.9 Å². The third-order valence-corrected chi connectivity index (χ3v) is 2.77. The fourth-order valence-electron chi connectivity index (χ4n) is 1.60. The summed E-state index contributed by atoms with van der Waals surface area (Å²) in [5.41, 5.74) is 1.06. The van der Waals surface area contributed by atoms with Gasteiger partial charge in [-0.05, 0) is 13.1 Å². The summed E-state index contributed by atoms with van der Waals surface area (Å²) in [6, 6.07) is 1.65. The second-order valence-electron chi connectivity index (χ2n) is 4.47. The van der Waals surface area contributed by atoms with Gasteiger partial charge in [-0.1, -0.05) is 11.8 Å². The maximum atomic E-state index is 12.0. The van der Waals surface area contributed by atoms with Crippen LogP contribution < -0.4 is 5.32 Å². The predicted octanol–water partition coefficient (Wildman–Crippen LogP) is -0.267. The van der Waals surface area contributed by atoms with Crippen molar-refractivity contribution in [2.24, 2.45) is 0 Å². The lowest BCUT2D eigenvalue weighted by atomic mass is 10.2. The minimum Gasteiger partial charge on any atom is -0.384 e. The van der Waals surface area contributed by atoms with Crippen LogP contribution in [0.1, 0.15) is 15.9 Å². The molecule has 0 aliphatic rings. The summed E-state index contributed by atoms with van der Waals surface area (Å²) in [7, 11) is 3.63. The molecule has 1 amide bonds. The topological polar surface area (TPSA) is 74.7 Å². The molecule has 6 nitrogen and oxygen atoms in total. The van der Waals surface area contributed by atoms with Crippen molar-refractivity contribution >= 4 is 5.91 Å². The molecule has 114 valence electrons. The van der Waals surface area contributed by atoms with Gasteiger partial charge in [-0.3, -0.25) is 9.78 Å². The van der Waals surface area contributed by atoms with Crippen molar-refractivity contribution in [3.8, 4) is 11.8 Å². The van der Waals surface area contributed by atoms with Gasteiger partial charge < -0.3 is 20.1 Å². The first-order chi connectivity index (χ1) is 10.2. The van der Waals surface area contributed by atoms with Gasteiger partial charge in [-0.15, -0.1) is 0 Å². The molecule has 0 aliphatic carbocycles. The van der Waals surface area contributed by atoms with E-state index in [1.165, 1.54) is 6.20 Å². The smallest absolute Gasteiger partial charge is 0.252 e. The Morgan fingerprint density at radius 1 is 1.48 bits per heavy atom. The van der Waals surface area contributed by atoms with E-state index >= 15 is 0 Å². The van der Waals surface area contributed by atoms with Crippen LogP contribution in [0, 0.1) is 11.8 Å². The molecule has 0 aliphatic heterocycles. The number of carbonyl (C=O) groups excluding carboxylic acids is 1. The van der Waals surface area contributed by atoms with Crippen LogP contribution in [-0.2, 0) is 4.74 Å². The lowest BCUT2D eigenvalue weighted by Crippen LogP contribution is -2.34. The van der Waals surface area contributed by atoms with E-state index in [1.54, 1.807) is 19.4 Å². The summed E-state index contributed by atoms with van der Waals surface area (Å²) in [5, 5.41) is 11.5. The Labute approximate surface area is 125 Å². The molecule has 0 fully saturated rings. The summed E-state index contributed by atoms with van der Waals surface area (Å²) >= 11 is 0. The number of nitrogens with zero attached hydrogens (tertiary/aromatic N) is 2. The first kappa shape index (κ1) is 17.1. The number of hydrogen-bond donors (Lipinski definition) is 2. The minimum atomic E-state index is -0.218. The number of carbonyl (C=O) groups is 1. The molecular formula is C15H21N3O3. The lowest BCUT2D eigenvalue weighted by Gasteiger charge is -2.16. The van der Waals surface area contributed by atoms with E-state index in [1.807, 2.05) is 7.05 Å². The standard InChI is InChI=1S/C15H21N3O3/c1-18(7-9-21-2)6-5-17-15(20)14-10-13(4-3-8-19)11-16-12-14/h10-12,19H,5-9H2,1-2H3,(H,17,20). The zero-order valence-corrected chi connectivity index (χ0v) is 12.4. The number of rotatable bonds is 7. The van der Waals surface area contributed by atoms with Crippen LogP contribution in [0.2, 0.25) is 0 Å². The summed E-state index contributed by atoms with van der Waals surface area (Å²) in [5.74, 6) is 5.06. The average Bonchev–Trinajstić information content (AvgIpc) is 2.51. The molecule has 1 aromatic rings. The van der Waals surface area contributed by atoms with Gasteiger partial charge in [0.25, 0.3) is 5.91 Å². The highest BCUT2D eigenvalue weighted by Crippen LogP contribution is 2.01. The highest BCUT2D eigenvalue weighted by molar-refractivity contribution is 5.94. The Morgan fingerprint density at radius 3 is 3.00 bits per heavy atom. The third-order valence-electron chi connectivity index (χ3n) is 2.77. The summed E-state index contributed by atoms with van der Waals surface area (Å²) in [6.07, 6.45) is 3.05. The number of ether oxygens (including phenoxy) is 1. The van der Waals surface area contributed by atoms with E-state index in [9.17, 15) is 4.79 Å². The van der Waals surface area contributed by atoms with Crippen LogP contribution >= 0.6 is 0 Å². The number of amides is 1. The molecule has 0 bridgehead atoms. The van der Waals surface area contributed by atoms with E-state index in [4.69, 9.17) is 9.84 Å². The Hall–Kier alpha value is -1.94. The SMILES string of the molecule is COCCN(C)CCNC(=O)c1cncc(C#CCO)c1. The maximum absolute atomic E-state index is 12.0. The van der Waals surface area contributed by atoms with Crippen LogP contribution in [0.4, 0.5) is 0 Å². The molecule has 0 unspecified atom stereocenters. The molecular weight excluding hydrogens is 270 g/mol. The van der Waals surface area contributed by atoms with Gasteiger partial charge in [-0.25, -0.2) is 0 Å². The Bertz CT molecular complexity index is 508. The molecule has 21 heavy (non-hydrogen) atoms. The van der Waals surface area contributed by atoms with E-state index < -0.39 is 0 Å². The van der Waals surface area contributed by atoms with Crippen molar-refractivity contribution < 1.29 is 14.6 Å². The second kappa shape index (κ2) is 9.88. The second-order valence-corrected chi connectivity index (χ2v) is 4.47. The van der Waals surface area contributed by atoms with Gasteiger partial charge in [0.2, 0.25) is 0 Å². The molecule has 1 rings (SSSR count). The van der Waals surface area contributed by atoms with Gasteiger partial charge >= 0.3 is 0 Å². The van der Waals surface area contributed by atoms with Gasteiger partial charge in [0.15, 0.2) is 0 Å². The third kappa shape index (κ3) is 6.86. The molecule has 0 spiro atoms. The molecule has 2 N–H and O–H groups in total. The fraction of sp³-hybridized carbons (Fsp3) is 0.467. The monoisotopic (exact) mass is 291 g/mol. The fourth-order valence-corrected chi connectivity index (χ4v) is 1.60. The zero-order valence-electron chi connectivity index (χ0n) is 12.4. The number of likely N-dealkylation sites (N-methyl/N-ethyl adjacent to an activating group) is 1. The highest BCUT2D eigenvalue weighted by Gasteiger charge is 2.06. The number of aliphatic hydroxyl groups is 1. The van der Waals surface area contributed by atoms with Crippen molar-refractivity contribution in [2.75, 3.05) is 47.0 Å². The normalized spacial score (nSPS) is 10.1. The van der Waals surface area contributed by atoms with Gasteiger partial charge in [0, 0.05) is 44.7 Å². The van der Waals surface area contributed by atoms with E-state index in [0.29, 0.717) is 24.3 Å². The molecule has 1 aromatic heterocycles. The molecule has 0 radical (unpaired) electrons. The van der Waals surface area contributed by atoms with Gasteiger partial charge in [0.1, 0.15) is 6.61 Å². The Morgan fingerprint density at radius 2 is 2.29 bits per heavy atom. The number of hydrogen-bond acceptors (Lipinski definition) is 5. The first-order valence-corrected chi connectivity index (χ1v) is 6.68. The summed E-state index contributed by atoms with van der Waals surface area (Å²) in [4.78, 5) is 18.0. The molecule has 0 saturated heterocycles. The lowest BCUT2D eigenvalue weighted by molar-refractivity contribution is 0.0947. The number of methoxy groups -OCH3 is 1. The van der Waals surface area contributed by atoms with Crippen molar-refractivity contribution in [3.05, 3.63) is 29.6 Å². The quantitative estimate of drug-likeness (QED) is 0.677. The maximum Gasteiger partial charge on any atom is 0.252 e. The average molecular weight is 291 g/mol. The van der Waals surface area contributed by atoms with Crippen molar-refractivity contribution in [3.63, 3.8) is 0 Å². The van der Waals surface area contributed by atoms with Crippen LogP contribution in [0.25, 0.3) is 0 Å². The number of aromatic nitrogens is 1. The molecule has 6 heteroatoms. The van der Waals surface area contributed by atoms with Crippen molar-refractivity contribution in [2.45, 2.75) is 0 Å². The van der Waals surface area contributed by atoms with Crippen LogP contribution in [0.3, 0.4) is 0 Å². The minimum absolute atomic E-state index is 0.185. The van der Waals surface area contributed by atoms with Gasteiger partial charge in [-0.2, -0.15) is 0 Å². The van der Waals surface area contributed by atoms with Gasteiger partial charge in [0.05, 0.1) is 12.2 Å². The number of pyridine rings is 1. The molecule has 1 heterocycles. The number of aliphatic hydroxyl groups excluding tert-OH is 1. The molecule has 0 saturated carbocycles. The Kier molecular flexibility index (Phi) is 8.05. The summed E-state index contributed by atoms with van der Waals surface area (Å²) < 4.78 is 4.99. The zero-order chi connectivity index (χ0) is 15.5. The predicted molar refractivity (Wildman–Crippen MR) is 79.9 cm³/mol. The van der Waals surface area contributed by atoms with Crippen molar-refractivity contribution in [1.29, 1.82) is 0 Å². The van der Waals surface area contributed by atoms with E-state index in [2.05, 4.69) is 27.0 Å². The van der Waals surface area contributed by atoms with E-state index in [0.717, 1.165) is 13.1 Å². The summed E-state index contributed by atoms with van der Waals surface area (Å²) in [6.45, 7) is 2.56. The largest absolute Gasteiger partial charge is 0.384 e. The van der Waals surface area contributed by atoms with Crippen molar-refractivity contribution in [1.82, 2.24) is 15.2 Å². The molecule has 0 atom stereocenters. The van der Waals surface area contributed by atoms with E-state index in [-0.39, 0.29) is 12.5 Å².